The fourth-order valence-electron chi connectivity index (χ4n) is 5.19. The van der Waals surface area contributed by atoms with Gasteiger partial charge in [0, 0.05) is 22.7 Å². The van der Waals surface area contributed by atoms with Crippen molar-refractivity contribution in [3.8, 4) is 0 Å². The Morgan fingerprint density at radius 3 is 2.23 bits per heavy atom. The number of esters is 2. The third-order valence-electron chi connectivity index (χ3n) is 7.02. The van der Waals surface area contributed by atoms with Crippen LogP contribution in [0.1, 0.15) is 59.5 Å². The Kier molecular flexibility index (Phi) is 9.77. The highest BCUT2D eigenvalue weighted by Crippen LogP contribution is 2.44. The minimum Gasteiger partial charge on any atom is -0.465 e. The second-order valence-electron chi connectivity index (χ2n) is 11.3. The minimum atomic E-state index is -1.23. The number of ether oxygens (including phenoxy) is 2. The molecule has 1 heterocycles. The van der Waals surface area contributed by atoms with Crippen molar-refractivity contribution in [1.29, 1.82) is 0 Å². The fraction of sp³-hybridized carbons (Fsp3) is 0.303. The van der Waals surface area contributed by atoms with Gasteiger partial charge in [-0.1, -0.05) is 54.6 Å². The van der Waals surface area contributed by atoms with Gasteiger partial charge in [0.25, 0.3) is 0 Å². The summed E-state index contributed by atoms with van der Waals surface area (Å²) in [6.07, 6.45) is -0.111. The maximum absolute atomic E-state index is 15.3. The molecule has 10 nitrogen and oxygen atoms in total. The van der Waals surface area contributed by atoms with E-state index in [0.29, 0.717) is 5.56 Å². The molecule has 3 amide bonds. The van der Waals surface area contributed by atoms with Crippen LogP contribution in [0.5, 0.6) is 0 Å². The van der Waals surface area contributed by atoms with Crippen molar-refractivity contribution >= 4 is 35.3 Å². The van der Waals surface area contributed by atoms with E-state index in [1.807, 2.05) is 0 Å². The number of nitrogens with zero attached hydrogens (tertiary/aromatic N) is 1. The lowest BCUT2D eigenvalue weighted by molar-refractivity contribution is -0.164. The molecule has 1 saturated heterocycles. The third-order valence-corrected chi connectivity index (χ3v) is 7.02. The number of hydrogen-bond acceptors (Lipinski definition) is 7. The lowest BCUT2D eigenvalue weighted by Crippen LogP contribution is -2.49. The number of urea groups is 1. The van der Waals surface area contributed by atoms with Gasteiger partial charge < -0.3 is 25.0 Å². The van der Waals surface area contributed by atoms with Crippen LogP contribution in [-0.2, 0) is 19.1 Å². The fourth-order valence-corrected chi connectivity index (χ4v) is 5.19. The van der Waals surface area contributed by atoms with Gasteiger partial charge in [0.2, 0.25) is 5.91 Å². The number of amides is 3. The van der Waals surface area contributed by atoms with Crippen LogP contribution in [-0.4, -0.2) is 59.9 Å². The van der Waals surface area contributed by atoms with E-state index in [9.17, 15) is 24.0 Å². The molecule has 4 rings (SSSR count). The molecule has 0 bridgehead atoms. The summed E-state index contributed by atoms with van der Waals surface area (Å²) in [5, 5.41) is 4.99. The lowest BCUT2D eigenvalue weighted by Gasteiger charge is -2.32. The van der Waals surface area contributed by atoms with E-state index in [2.05, 4.69) is 10.6 Å². The van der Waals surface area contributed by atoms with Crippen molar-refractivity contribution in [3.63, 3.8) is 0 Å². The number of nitrogens with one attached hydrogen (secondary N) is 2. The molecule has 0 aliphatic carbocycles. The van der Waals surface area contributed by atoms with E-state index in [1.165, 1.54) is 37.4 Å². The third kappa shape index (κ3) is 7.47. The number of likely N-dealkylation sites (tertiary alicyclic amines) is 1. The van der Waals surface area contributed by atoms with Gasteiger partial charge in [0.15, 0.2) is 5.78 Å². The van der Waals surface area contributed by atoms with Gasteiger partial charge in [0.1, 0.15) is 17.5 Å². The molecule has 3 unspecified atom stereocenters. The van der Waals surface area contributed by atoms with Gasteiger partial charge in [-0.3, -0.25) is 9.59 Å². The van der Waals surface area contributed by atoms with Crippen LogP contribution in [0.15, 0.2) is 78.9 Å². The van der Waals surface area contributed by atoms with E-state index < -0.39 is 59.8 Å². The topological polar surface area (TPSA) is 131 Å². The number of carbonyl (C=O) groups is 5. The summed E-state index contributed by atoms with van der Waals surface area (Å²) in [5.74, 6) is -4.06. The van der Waals surface area contributed by atoms with E-state index in [1.54, 1.807) is 69.3 Å². The molecule has 230 valence electrons. The minimum absolute atomic E-state index is 0.0604. The predicted octanol–water partition coefficient (Wildman–Crippen LogP) is 4.92. The van der Waals surface area contributed by atoms with Crippen LogP contribution in [0.2, 0.25) is 0 Å². The number of carbonyl (C=O) groups excluding carboxylic acids is 5. The number of ketones is 1. The van der Waals surface area contributed by atoms with Crippen LogP contribution in [0.25, 0.3) is 0 Å². The van der Waals surface area contributed by atoms with Gasteiger partial charge >= 0.3 is 18.0 Å². The number of benzene rings is 3. The van der Waals surface area contributed by atoms with Crippen LogP contribution in [0.4, 0.5) is 14.9 Å². The van der Waals surface area contributed by atoms with Crippen LogP contribution in [0.3, 0.4) is 0 Å². The number of anilines is 1. The average molecular weight is 604 g/mol. The number of rotatable bonds is 8. The van der Waals surface area contributed by atoms with E-state index in [4.69, 9.17) is 9.47 Å². The zero-order valence-corrected chi connectivity index (χ0v) is 24.8. The molecule has 0 aromatic heterocycles. The molecule has 0 radical (unpaired) electrons. The van der Waals surface area contributed by atoms with Gasteiger partial charge in [-0.05, 0) is 51.5 Å². The number of methoxy groups -OCH3 is 1. The number of halogens is 1. The largest absolute Gasteiger partial charge is 0.465 e. The van der Waals surface area contributed by atoms with Crippen molar-refractivity contribution < 1.29 is 37.8 Å². The molecule has 3 atom stereocenters. The van der Waals surface area contributed by atoms with Crippen molar-refractivity contribution in [2.45, 2.75) is 44.9 Å². The molecule has 0 spiro atoms. The summed E-state index contributed by atoms with van der Waals surface area (Å²) < 4.78 is 25.6. The summed E-state index contributed by atoms with van der Waals surface area (Å²) in [7, 11) is 1.23. The smallest absolute Gasteiger partial charge is 0.337 e. The Morgan fingerprint density at radius 1 is 0.909 bits per heavy atom. The Hall–Kier alpha value is -5.06. The summed E-state index contributed by atoms with van der Waals surface area (Å²) in [5.41, 5.74) is -0.0190. The van der Waals surface area contributed by atoms with Gasteiger partial charge in [-0.2, -0.15) is 0 Å². The SMILES string of the molecule is COC(=O)c1cccc(NC(=O)NCC(=O)N2C(C(=O)OC(C)(C)C)CC(C(=O)c3ccccc3)C2c2ccccc2F)c1. The molecule has 11 heteroatoms. The molecule has 1 fully saturated rings. The van der Waals surface area contributed by atoms with Gasteiger partial charge in [0.05, 0.1) is 25.3 Å². The van der Waals surface area contributed by atoms with Crippen LogP contribution < -0.4 is 10.6 Å². The quantitative estimate of drug-likeness (QED) is 0.276. The summed E-state index contributed by atoms with van der Waals surface area (Å²) in [4.78, 5) is 66.8. The van der Waals surface area contributed by atoms with Gasteiger partial charge in [-0.25, -0.2) is 18.8 Å². The highest BCUT2D eigenvalue weighted by molar-refractivity contribution is 6.01. The second-order valence-corrected chi connectivity index (χ2v) is 11.3. The van der Waals surface area contributed by atoms with E-state index >= 15 is 4.39 Å². The first kappa shape index (κ1) is 31.9. The highest BCUT2D eigenvalue weighted by atomic mass is 19.1. The molecule has 2 N–H and O–H groups in total. The Bertz CT molecular complexity index is 1550. The maximum atomic E-state index is 15.3. The summed E-state index contributed by atoms with van der Waals surface area (Å²) in [6.45, 7) is 4.44. The molecule has 0 saturated carbocycles. The maximum Gasteiger partial charge on any atom is 0.337 e. The second kappa shape index (κ2) is 13.5. The monoisotopic (exact) mass is 603 g/mol. The number of hydrogen-bond donors (Lipinski definition) is 2. The predicted molar refractivity (Wildman–Crippen MR) is 159 cm³/mol. The zero-order chi connectivity index (χ0) is 32.0. The lowest BCUT2D eigenvalue weighted by atomic mass is 9.86. The van der Waals surface area contributed by atoms with Crippen molar-refractivity contribution in [3.05, 3.63) is 101 Å². The molecular formula is C33H34FN3O7. The number of Topliss-reactive ketones (excluding diaryl/α,β-unsaturated/α-hetero) is 1. The first-order valence-corrected chi connectivity index (χ1v) is 14.0. The van der Waals surface area contributed by atoms with E-state index in [0.717, 1.165) is 4.90 Å². The Labute approximate surface area is 254 Å². The first-order valence-electron chi connectivity index (χ1n) is 14.0. The van der Waals surface area contributed by atoms with Crippen molar-refractivity contribution in [1.82, 2.24) is 10.2 Å². The van der Waals surface area contributed by atoms with Crippen LogP contribution >= 0.6 is 0 Å². The van der Waals surface area contributed by atoms with Gasteiger partial charge in [-0.15, -0.1) is 0 Å². The normalized spacial score (nSPS) is 17.8. The summed E-state index contributed by atoms with van der Waals surface area (Å²) in [6, 6.07) is 17.0. The highest BCUT2D eigenvalue weighted by Gasteiger charge is 2.52. The van der Waals surface area contributed by atoms with Crippen molar-refractivity contribution in [2.24, 2.45) is 5.92 Å². The zero-order valence-electron chi connectivity index (χ0n) is 24.8. The van der Waals surface area contributed by atoms with Crippen LogP contribution in [0, 0.1) is 11.7 Å². The van der Waals surface area contributed by atoms with Crippen molar-refractivity contribution in [2.75, 3.05) is 19.0 Å². The molecule has 3 aromatic rings. The molecule has 44 heavy (non-hydrogen) atoms. The first-order chi connectivity index (χ1) is 20.9. The molecule has 1 aliphatic heterocycles. The average Bonchev–Trinajstić information content (AvgIpc) is 3.40. The van der Waals surface area contributed by atoms with E-state index in [-0.39, 0.29) is 29.0 Å². The standard InChI is InChI=1S/C33H34FN3O7/c1-33(2,3)44-31(41)26-18-24(29(39)20-11-6-5-7-12-20)28(23-15-8-9-16-25(23)34)37(26)27(38)19-35-32(42)36-22-14-10-13-21(17-22)30(40)43-4/h5-17,24,26,28H,18-19H2,1-4H3,(H2,35,36,42). The molecule has 3 aromatic carbocycles. The Morgan fingerprint density at radius 2 is 1.57 bits per heavy atom. The Balaban J connectivity index is 1.65. The molecular weight excluding hydrogens is 569 g/mol. The summed E-state index contributed by atoms with van der Waals surface area (Å²) >= 11 is 0. The molecule has 1 aliphatic rings.